The number of carbonyl (C=O) groups is 2. The van der Waals surface area contributed by atoms with Gasteiger partial charge in [-0.15, -0.1) is 0 Å². The second kappa shape index (κ2) is 10.0. The number of esters is 1. The van der Waals surface area contributed by atoms with E-state index in [4.69, 9.17) is 4.74 Å². The molecule has 1 aliphatic rings. The molecule has 0 aliphatic carbocycles. The summed E-state index contributed by atoms with van der Waals surface area (Å²) in [6.07, 6.45) is 6.16. The molecule has 1 atom stereocenters. The maximum atomic E-state index is 12.7. The number of unbranched alkanes of at least 4 members (excludes halogenated alkanes) is 1. The van der Waals surface area contributed by atoms with Crippen molar-refractivity contribution in [3.63, 3.8) is 0 Å². The highest BCUT2D eigenvalue weighted by molar-refractivity contribution is 9.10. The van der Waals surface area contributed by atoms with Crippen molar-refractivity contribution in [1.82, 2.24) is 9.55 Å². The highest BCUT2D eigenvalue weighted by Gasteiger charge is 2.34. The molecule has 3 rings (SSSR count). The van der Waals surface area contributed by atoms with Gasteiger partial charge < -0.3 is 14.6 Å². The zero-order chi connectivity index (χ0) is 21.6. The van der Waals surface area contributed by atoms with Crippen LogP contribution in [0.5, 0.6) is 0 Å². The van der Waals surface area contributed by atoms with Crippen LogP contribution in [0.15, 0.2) is 40.1 Å². The van der Waals surface area contributed by atoms with E-state index in [9.17, 15) is 9.59 Å². The topological polar surface area (TPSA) is 85.6 Å². The fourth-order valence-corrected chi connectivity index (χ4v) is 4.17. The van der Waals surface area contributed by atoms with E-state index in [0.717, 1.165) is 22.9 Å². The third-order valence-corrected chi connectivity index (χ3v) is 5.75. The molecular weight excluding hydrogens is 448 g/mol. The van der Waals surface area contributed by atoms with Crippen molar-refractivity contribution in [2.75, 3.05) is 18.5 Å². The van der Waals surface area contributed by atoms with Crippen LogP contribution in [-0.4, -0.2) is 40.8 Å². The standard InChI is InChI=1S/C22H27BrN4O3/c1-3-30-21(29)22(2,12-16-7-6-8-17(23)11-16)9-4-5-10-27-15-26-20-19(27)18(28)13-24-14-25-20/h6-8,11,14-15H,3-5,9-10,12-13H2,1-2H3,(H,24,25). The van der Waals surface area contributed by atoms with Gasteiger partial charge in [-0.25, -0.2) is 4.98 Å². The van der Waals surface area contributed by atoms with E-state index < -0.39 is 5.41 Å². The van der Waals surface area contributed by atoms with Gasteiger partial charge in [0, 0.05) is 11.0 Å². The van der Waals surface area contributed by atoms with Crippen molar-refractivity contribution < 1.29 is 14.3 Å². The van der Waals surface area contributed by atoms with Gasteiger partial charge in [-0.3, -0.25) is 14.6 Å². The number of aromatic nitrogens is 2. The molecular formula is C22H27BrN4O3. The van der Waals surface area contributed by atoms with Crippen LogP contribution in [0.3, 0.4) is 0 Å². The number of aliphatic imine (C=N–C) groups is 1. The summed E-state index contributed by atoms with van der Waals surface area (Å²) in [5.74, 6) is 0.333. The predicted molar refractivity (Wildman–Crippen MR) is 120 cm³/mol. The van der Waals surface area contributed by atoms with Crippen molar-refractivity contribution in [3.05, 3.63) is 46.3 Å². The van der Waals surface area contributed by atoms with Crippen molar-refractivity contribution in [2.45, 2.75) is 46.1 Å². The van der Waals surface area contributed by atoms with Gasteiger partial charge in [-0.05, 0) is 50.8 Å². The predicted octanol–water partition coefficient (Wildman–Crippen LogP) is 4.26. The van der Waals surface area contributed by atoms with Crippen LogP contribution in [0, 0.1) is 5.41 Å². The molecule has 1 aromatic heterocycles. The van der Waals surface area contributed by atoms with Crippen LogP contribution in [0.2, 0.25) is 0 Å². The lowest BCUT2D eigenvalue weighted by Gasteiger charge is -2.27. The molecule has 0 bridgehead atoms. The molecule has 30 heavy (non-hydrogen) atoms. The lowest BCUT2D eigenvalue weighted by atomic mass is 9.79. The Hall–Kier alpha value is -2.48. The number of carbonyl (C=O) groups excluding carboxylic acids is 2. The number of halogens is 1. The molecule has 0 saturated heterocycles. The van der Waals surface area contributed by atoms with Crippen molar-refractivity contribution in [2.24, 2.45) is 10.4 Å². The van der Waals surface area contributed by atoms with Gasteiger partial charge in [0.2, 0.25) is 5.78 Å². The molecule has 2 heterocycles. The highest BCUT2D eigenvalue weighted by atomic mass is 79.9. The average Bonchev–Trinajstić information content (AvgIpc) is 3.02. The Morgan fingerprint density at radius 3 is 2.97 bits per heavy atom. The Labute approximate surface area is 185 Å². The maximum absolute atomic E-state index is 12.7. The number of benzene rings is 1. The third-order valence-electron chi connectivity index (χ3n) is 5.26. The average molecular weight is 475 g/mol. The quantitative estimate of drug-likeness (QED) is 0.433. The van der Waals surface area contributed by atoms with Gasteiger partial charge in [-0.2, -0.15) is 0 Å². The fourth-order valence-electron chi connectivity index (χ4n) is 3.72. The molecule has 160 valence electrons. The van der Waals surface area contributed by atoms with E-state index >= 15 is 0 Å². The van der Waals surface area contributed by atoms with Crippen LogP contribution in [-0.2, 0) is 22.5 Å². The third kappa shape index (κ3) is 5.36. The largest absolute Gasteiger partial charge is 0.466 e. The van der Waals surface area contributed by atoms with E-state index in [2.05, 4.69) is 31.2 Å². The van der Waals surface area contributed by atoms with Crippen molar-refractivity contribution in [3.8, 4) is 0 Å². The number of fused-ring (bicyclic) bond motifs is 1. The van der Waals surface area contributed by atoms with Crippen molar-refractivity contribution in [1.29, 1.82) is 0 Å². The smallest absolute Gasteiger partial charge is 0.312 e. The van der Waals surface area contributed by atoms with Gasteiger partial charge in [0.15, 0.2) is 5.82 Å². The Balaban J connectivity index is 1.63. The summed E-state index contributed by atoms with van der Waals surface area (Å²) < 4.78 is 8.25. The molecule has 1 unspecified atom stereocenters. The van der Waals surface area contributed by atoms with Gasteiger partial charge in [0.25, 0.3) is 0 Å². The maximum Gasteiger partial charge on any atom is 0.312 e. The first-order valence-corrected chi connectivity index (χ1v) is 11.0. The molecule has 0 saturated carbocycles. The van der Waals surface area contributed by atoms with E-state index in [1.165, 1.54) is 6.34 Å². The number of ether oxygens (including phenoxy) is 1. The molecule has 0 amide bonds. The zero-order valence-corrected chi connectivity index (χ0v) is 18.9. The van der Waals surface area contributed by atoms with E-state index in [0.29, 0.717) is 37.5 Å². The summed E-state index contributed by atoms with van der Waals surface area (Å²) in [5.41, 5.74) is 1.06. The van der Waals surface area contributed by atoms with Gasteiger partial charge in [-0.1, -0.05) is 34.5 Å². The number of hydrogen-bond donors (Lipinski definition) is 1. The number of imidazole rings is 1. The number of anilines is 1. The van der Waals surface area contributed by atoms with Crippen LogP contribution in [0.1, 0.15) is 49.2 Å². The molecule has 8 heteroatoms. The Kier molecular flexibility index (Phi) is 7.42. The van der Waals surface area contributed by atoms with Gasteiger partial charge in [0.05, 0.1) is 24.7 Å². The molecule has 7 nitrogen and oxygen atoms in total. The first-order valence-electron chi connectivity index (χ1n) is 10.2. The normalized spacial score (nSPS) is 15.1. The number of aryl methyl sites for hydroxylation is 1. The number of hydrogen-bond acceptors (Lipinski definition) is 6. The van der Waals surface area contributed by atoms with Gasteiger partial charge >= 0.3 is 5.97 Å². The van der Waals surface area contributed by atoms with E-state index in [1.807, 2.05) is 42.7 Å². The number of rotatable bonds is 9. The highest BCUT2D eigenvalue weighted by Crippen LogP contribution is 2.32. The second-order valence-electron chi connectivity index (χ2n) is 7.72. The summed E-state index contributed by atoms with van der Waals surface area (Å²) in [5, 5.41) is 2.94. The van der Waals surface area contributed by atoms with E-state index in [1.54, 1.807) is 6.33 Å². The van der Waals surface area contributed by atoms with Crippen LogP contribution in [0.4, 0.5) is 5.82 Å². The lowest BCUT2D eigenvalue weighted by molar-refractivity contribution is -0.155. The minimum atomic E-state index is -0.603. The summed E-state index contributed by atoms with van der Waals surface area (Å²) in [6.45, 7) is 4.95. The molecule has 0 fully saturated rings. The molecule has 2 aromatic rings. The number of nitrogens with zero attached hydrogens (tertiary/aromatic N) is 3. The summed E-state index contributed by atoms with van der Waals surface area (Å²) in [6, 6.07) is 8.02. The molecule has 1 aromatic carbocycles. The Morgan fingerprint density at radius 2 is 2.20 bits per heavy atom. The SMILES string of the molecule is CCOC(=O)C(C)(CCCCn1cnc2c1C(=O)CN=CN2)Cc1cccc(Br)c1. The van der Waals surface area contributed by atoms with Gasteiger partial charge in [0.1, 0.15) is 12.2 Å². The molecule has 0 spiro atoms. The first-order chi connectivity index (χ1) is 14.4. The Bertz CT molecular complexity index is 940. The monoisotopic (exact) mass is 474 g/mol. The first kappa shape index (κ1) is 22.2. The Morgan fingerprint density at radius 1 is 1.37 bits per heavy atom. The number of nitrogens with one attached hydrogen (secondary N) is 1. The molecule has 1 N–H and O–H groups in total. The van der Waals surface area contributed by atoms with E-state index in [-0.39, 0.29) is 18.3 Å². The number of ketones is 1. The second-order valence-corrected chi connectivity index (χ2v) is 8.63. The summed E-state index contributed by atoms with van der Waals surface area (Å²) in [7, 11) is 0. The summed E-state index contributed by atoms with van der Waals surface area (Å²) >= 11 is 3.50. The minimum Gasteiger partial charge on any atom is -0.466 e. The summed E-state index contributed by atoms with van der Waals surface area (Å²) in [4.78, 5) is 33.3. The van der Waals surface area contributed by atoms with Crippen molar-refractivity contribution >= 4 is 39.8 Å². The van der Waals surface area contributed by atoms with Crippen LogP contribution in [0.25, 0.3) is 0 Å². The molecule has 1 aliphatic heterocycles. The molecule has 0 radical (unpaired) electrons. The fraction of sp³-hybridized carbons (Fsp3) is 0.455. The number of Topliss-reactive ketones (excluding diaryl/α,β-unsaturated/α-hetero) is 1. The van der Waals surface area contributed by atoms with Crippen LogP contribution >= 0.6 is 15.9 Å². The zero-order valence-electron chi connectivity index (χ0n) is 17.4. The van der Waals surface area contributed by atoms with Crippen LogP contribution < -0.4 is 5.32 Å². The minimum absolute atomic E-state index is 0.0465. The lowest BCUT2D eigenvalue weighted by Crippen LogP contribution is -2.32.